The number of oxazole rings is 1. The zero-order valence-corrected chi connectivity index (χ0v) is 13.7. The van der Waals surface area contributed by atoms with E-state index in [1.807, 2.05) is 31.2 Å². The molecule has 0 amide bonds. The molecule has 7 nitrogen and oxygen atoms in total. The summed E-state index contributed by atoms with van der Waals surface area (Å²) in [5.41, 5.74) is 1.69. The minimum atomic E-state index is 0.310. The Morgan fingerprint density at radius 2 is 2.21 bits per heavy atom. The van der Waals surface area contributed by atoms with E-state index >= 15 is 0 Å². The van der Waals surface area contributed by atoms with Crippen molar-refractivity contribution in [1.82, 2.24) is 20.0 Å². The van der Waals surface area contributed by atoms with Gasteiger partial charge in [0.15, 0.2) is 11.4 Å². The number of nitrogens with one attached hydrogen (secondary N) is 1. The Bertz CT molecular complexity index is 779. The Kier molecular flexibility index (Phi) is 4.17. The molecule has 0 radical (unpaired) electrons. The maximum atomic E-state index is 5.76. The fourth-order valence-electron chi connectivity index (χ4n) is 3.12. The lowest BCUT2D eigenvalue weighted by Crippen LogP contribution is -2.41. The summed E-state index contributed by atoms with van der Waals surface area (Å²) in [4.78, 5) is 11.2. The number of para-hydroxylation sites is 2. The van der Waals surface area contributed by atoms with Gasteiger partial charge >= 0.3 is 0 Å². The maximum Gasteiger partial charge on any atom is 0.295 e. The van der Waals surface area contributed by atoms with E-state index in [-0.39, 0.29) is 0 Å². The normalized spacial score (nSPS) is 19.0. The number of hydrogen-bond donors (Lipinski definition) is 1. The highest BCUT2D eigenvalue weighted by atomic mass is 16.5. The number of hydrogen-bond acceptors (Lipinski definition) is 7. The fraction of sp³-hybridized carbons (Fsp3) is 0.471. The second kappa shape index (κ2) is 6.60. The van der Waals surface area contributed by atoms with Crippen LogP contribution >= 0.6 is 0 Å². The van der Waals surface area contributed by atoms with E-state index in [9.17, 15) is 0 Å². The molecule has 7 heteroatoms. The van der Waals surface area contributed by atoms with Crippen LogP contribution in [0.5, 0.6) is 0 Å². The van der Waals surface area contributed by atoms with Crippen molar-refractivity contribution in [2.45, 2.75) is 38.8 Å². The van der Waals surface area contributed by atoms with E-state index in [0.29, 0.717) is 17.9 Å². The Morgan fingerprint density at radius 3 is 3.04 bits per heavy atom. The second-order valence-electron chi connectivity index (χ2n) is 6.16. The third-order valence-electron chi connectivity index (χ3n) is 4.30. The van der Waals surface area contributed by atoms with Gasteiger partial charge in [-0.15, -0.1) is 0 Å². The highest BCUT2D eigenvalue weighted by molar-refractivity contribution is 5.74. The first-order chi connectivity index (χ1) is 11.8. The van der Waals surface area contributed by atoms with E-state index in [4.69, 9.17) is 8.94 Å². The highest BCUT2D eigenvalue weighted by Gasteiger charge is 2.22. The van der Waals surface area contributed by atoms with Gasteiger partial charge in [0.2, 0.25) is 5.89 Å². The quantitative estimate of drug-likeness (QED) is 0.771. The first kappa shape index (κ1) is 15.1. The molecule has 24 heavy (non-hydrogen) atoms. The molecule has 0 saturated carbocycles. The topological polar surface area (TPSA) is 80.2 Å². The average molecular weight is 327 g/mol. The Balaban J connectivity index is 1.39. The molecule has 1 aliphatic heterocycles. The molecule has 1 aromatic carbocycles. The van der Waals surface area contributed by atoms with Crippen molar-refractivity contribution in [1.29, 1.82) is 0 Å². The number of anilines is 1. The van der Waals surface area contributed by atoms with Crippen molar-refractivity contribution >= 4 is 17.1 Å². The van der Waals surface area contributed by atoms with Gasteiger partial charge in [0.25, 0.3) is 6.01 Å². The summed E-state index contributed by atoms with van der Waals surface area (Å²) < 4.78 is 10.9. The van der Waals surface area contributed by atoms with Gasteiger partial charge in [-0.05, 0) is 31.5 Å². The van der Waals surface area contributed by atoms with Crippen molar-refractivity contribution in [3.05, 3.63) is 36.0 Å². The van der Waals surface area contributed by atoms with Crippen LogP contribution in [-0.2, 0) is 13.0 Å². The lowest BCUT2D eigenvalue weighted by atomic mass is 10.1. The van der Waals surface area contributed by atoms with Crippen molar-refractivity contribution in [2.24, 2.45) is 0 Å². The van der Waals surface area contributed by atoms with Crippen molar-refractivity contribution < 1.29 is 8.94 Å². The molecular formula is C17H21N5O2. The summed E-state index contributed by atoms with van der Waals surface area (Å²) in [6.45, 7) is 4.68. The first-order valence-electron chi connectivity index (χ1n) is 8.46. The van der Waals surface area contributed by atoms with Gasteiger partial charge in [-0.2, -0.15) is 9.97 Å². The molecule has 1 unspecified atom stereocenters. The molecule has 1 N–H and O–H groups in total. The summed E-state index contributed by atoms with van der Waals surface area (Å²) in [6, 6.07) is 8.71. The molecule has 1 fully saturated rings. The number of fused-ring (bicyclic) bond motifs is 1. The third-order valence-corrected chi connectivity index (χ3v) is 4.30. The summed E-state index contributed by atoms with van der Waals surface area (Å²) in [6.07, 6.45) is 2.99. The Labute approximate surface area is 140 Å². The van der Waals surface area contributed by atoms with E-state index in [2.05, 4.69) is 25.3 Å². The van der Waals surface area contributed by atoms with E-state index in [1.54, 1.807) is 0 Å². The number of nitrogens with zero attached hydrogens (tertiary/aromatic N) is 4. The van der Waals surface area contributed by atoms with Gasteiger partial charge in [-0.1, -0.05) is 24.2 Å². The minimum absolute atomic E-state index is 0.310. The molecule has 2 aromatic heterocycles. The maximum absolute atomic E-state index is 5.76. The third kappa shape index (κ3) is 3.26. The minimum Gasteiger partial charge on any atom is -0.424 e. The van der Waals surface area contributed by atoms with Crippen LogP contribution < -0.4 is 5.32 Å². The highest BCUT2D eigenvalue weighted by Crippen LogP contribution is 2.21. The van der Waals surface area contributed by atoms with Crippen LogP contribution in [0.1, 0.15) is 31.5 Å². The average Bonchev–Trinajstić information content (AvgIpc) is 3.21. The number of benzene rings is 1. The lowest BCUT2D eigenvalue weighted by Gasteiger charge is -2.31. The predicted molar refractivity (Wildman–Crippen MR) is 89.6 cm³/mol. The van der Waals surface area contributed by atoms with Crippen LogP contribution in [0.4, 0.5) is 6.01 Å². The number of piperidine rings is 1. The van der Waals surface area contributed by atoms with Crippen LogP contribution in [0.15, 0.2) is 33.2 Å². The summed E-state index contributed by atoms with van der Waals surface area (Å²) in [5.74, 6) is 1.46. The van der Waals surface area contributed by atoms with E-state index in [0.717, 1.165) is 55.8 Å². The molecule has 1 atom stereocenters. The number of aryl methyl sites for hydroxylation is 1. The van der Waals surface area contributed by atoms with Gasteiger partial charge in [-0.3, -0.25) is 4.90 Å². The zero-order chi connectivity index (χ0) is 16.4. The van der Waals surface area contributed by atoms with Gasteiger partial charge in [-0.25, -0.2) is 0 Å². The van der Waals surface area contributed by atoms with Gasteiger partial charge in [0, 0.05) is 19.0 Å². The summed E-state index contributed by atoms with van der Waals surface area (Å²) >= 11 is 0. The molecule has 126 valence electrons. The van der Waals surface area contributed by atoms with Crippen molar-refractivity contribution in [3.63, 3.8) is 0 Å². The van der Waals surface area contributed by atoms with Gasteiger partial charge in [0.05, 0.1) is 6.54 Å². The Morgan fingerprint density at radius 1 is 1.29 bits per heavy atom. The number of aromatic nitrogens is 3. The van der Waals surface area contributed by atoms with E-state index in [1.165, 1.54) is 0 Å². The van der Waals surface area contributed by atoms with Crippen molar-refractivity contribution in [3.8, 4) is 0 Å². The van der Waals surface area contributed by atoms with Crippen LogP contribution in [0.25, 0.3) is 11.1 Å². The van der Waals surface area contributed by atoms with Crippen LogP contribution in [0.3, 0.4) is 0 Å². The number of likely N-dealkylation sites (tertiary alicyclic amines) is 1. The van der Waals surface area contributed by atoms with Gasteiger partial charge < -0.3 is 14.3 Å². The van der Waals surface area contributed by atoms with E-state index < -0.39 is 0 Å². The van der Waals surface area contributed by atoms with Crippen LogP contribution in [0.2, 0.25) is 0 Å². The predicted octanol–water partition coefficient (Wildman–Crippen LogP) is 2.85. The molecule has 3 heterocycles. The fourth-order valence-corrected chi connectivity index (χ4v) is 3.12. The SMILES string of the molecule is CCc1nc(CN2CCCC(Nc3nc4ccccc4o3)C2)no1. The Hall–Kier alpha value is -2.41. The largest absolute Gasteiger partial charge is 0.424 e. The molecule has 0 spiro atoms. The second-order valence-corrected chi connectivity index (χ2v) is 6.16. The molecule has 4 rings (SSSR count). The van der Waals surface area contributed by atoms with Crippen LogP contribution in [-0.4, -0.2) is 39.2 Å². The van der Waals surface area contributed by atoms with Crippen LogP contribution in [0, 0.1) is 0 Å². The summed E-state index contributed by atoms with van der Waals surface area (Å²) in [7, 11) is 0. The molecular weight excluding hydrogens is 306 g/mol. The smallest absolute Gasteiger partial charge is 0.295 e. The number of rotatable bonds is 5. The zero-order valence-electron chi connectivity index (χ0n) is 13.7. The molecule has 0 aliphatic carbocycles. The molecule has 1 saturated heterocycles. The lowest BCUT2D eigenvalue weighted by molar-refractivity contribution is 0.200. The first-order valence-corrected chi connectivity index (χ1v) is 8.46. The van der Waals surface area contributed by atoms with Gasteiger partial charge in [0.1, 0.15) is 5.52 Å². The molecule has 1 aliphatic rings. The summed E-state index contributed by atoms with van der Waals surface area (Å²) in [5, 5.41) is 7.46. The monoisotopic (exact) mass is 327 g/mol. The standard InChI is InChI=1S/C17H21N5O2/c1-2-16-20-15(21-24-16)11-22-9-5-6-12(10-22)18-17-19-13-7-3-4-8-14(13)23-17/h3-4,7-8,12H,2,5-6,9-11H2,1H3,(H,18,19). The molecule has 0 bridgehead atoms. The van der Waals surface area contributed by atoms with Crippen molar-refractivity contribution in [2.75, 3.05) is 18.4 Å². The molecule has 3 aromatic rings.